The first-order valence-electron chi connectivity index (χ1n) is 17.6. The van der Waals surface area contributed by atoms with Crippen molar-refractivity contribution in [1.29, 1.82) is 0 Å². The van der Waals surface area contributed by atoms with Crippen LogP contribution < -0.4 is 26.6 Å². The van der Waals surface area contributed by atoms with Crippen LogP contribution in [0.5, 0.6) is 0 Å². The molecule has 7 atom stereocenters. The first kappa shape index (κ1) is 45.2. The van der Waals surface area contributed by atoms with Crippen LogP contribution >= 0.6 is 11.8 Å². The van der Waals surface area contributed by atoms with E-state index in [1.165, 1.54) is 11.8 Å². The van der Waals surface area contributed by atoms with E-state index in [1.807, 2.05) is 61.6 Å². The van der Waals surface area contributed by atoms with Crippen molar-refractivity contribution >= 4 is 47.3 Å². The molecule has 0 aliphatic heterocycles. The second-order valence-electron chi connectivity index (χ2n) is 14.0. The number of alkyl carbamates (subject to hydrolysis) is 1. The van der Waals surface area contributed by atoms with Crippen molar-refractivity contribution < 1.29 is 33.5 Å². The SMILES string of the molecule is CCC(=O)C(CC(C)C)NC(=O)C(NC(=O)C(NC(=O)C(NC(=O)C(CCSC)NC(=O)OCC(C)C)C(C)CC)C(C)C)C(C)CC. The van der Waals surface area contributed by atoms with E-state index < -0.39 is 59.9 Å². The van der Waals surface area contributed by atoms with Crippen molar-refractivity contribution in [2.45, 2.75) is 138 Å². The van der Waals surface area contributed by atoms with Crippen molar-refractivity contribution in [3.8, 4) is 0 Å². The summed E-state index contributed by atoms with van der Waals surface area (Å²) in [5, 5.41) is 14.0. The van der Waals surface area contributed by atoms with E-state index in [9.17, 15) is 28.8 Å². The lowest BCUT2D eigenvalue weighted by atomic mass is 9.94. The third kappa shape index (κ3) is 16.5. The number of hydrogen-bond acceptors (Lipinski definition) is 8. The summed E-state index contributed by atoms with van der Waals surface area (Å²) < 4.78 is 5.21. The number of ketones is 1. The number of nitrogens with one attached hydrogen (secondary N) is 5. The summed E-state index contributed by atoms with van der Waals surface area (Å²) in [6.45, 7) is 20.8. The van der Waals surface area contributed by atoms with Gasteiger partial charge in [-0.2, -0.15) is 11.8 Å². The van der Waals surface area contributed by atoms with Gasteiger partial charge in [0.2, 0.25) is 23.6 Å². The number of hydrogen-bond donors (Lipinski definition) is 5. The zero-order chi connectivity index (χ0) is 37.1. The molecule has 0 aliphatic rings. The molecule has 278 valence electrons. The summed E-state index contributed by atoms with van der Waals surface area (Å²) in [5.41, 5.74) is 0. The highest BCUT2D eigenvalue weighted by atomic mass is 32.2. The van der Waals surface area contributed by atoms with Crippen LogP contribution in [0.3, 0.4) is 0 Å². The van der Waals surface area contributed by atoms with E-state index >= 15 is 0 Å². The Morgan fingerprint density at radius 2 is 1.08 bits per heavy atom. The number of thioether (sulfide) groups is 1. The quantitative estimate of drug-likeness (QED) is 0.106. The average Bonchev–Trinajstić information content (AvgIpc) is 3.03. The van der Waals surface area contributed by atoms with Crippen molar-refractivity contribution in [2.75, 3.05) is 18.6 Å². The van der Waals surface area contributed by atoms with Gasteiger partial charge in [0.1, 0.15) is 24.2 Å². The van der Waals surface area contributed by atoms with Gasteiger partial charge in [-0.25, -0.2) is 4.79 Å². The van der Waals surface area contributed by atoms with E-state index in [2.05, 4.69) is 26.6 Å². The van der Waals surface area contributed by atoms with Crippen LogP contribution in [-0.4, -0.2) is 84.3 Å². The molecule has 48 heavy (non-hydrogen) atoms. The van der Waals surface area contributed by atoms with Gasteiger partial charge in [0.15, 0.2) is 5.78 Å². The molecular weight excluding hydrogens is 634 g/mol. The van der Waals surface area contributed by atoms with Crippen LogP contribution in [0.2, 0.25) is 0 Å². The normalized spacial score (nSPS) is 15.8. The van der Waals surface area contributed by atoms with Gasteiger partial charge in [-0.1, -0.05) is 89.0 Å². The van der Waals surface area contributed by atoms with E-state index in [4.69, 9.17) is 4.74 Å². The number of carbonyl (C=O) groups excluding carboxylic acids is 6. The molecule has 0 spiro atoms. The molecule has 0 aromatic heterocycles. The number of ether oxygens (including phenoxy) is 1. The maximum Gasteiger partial charge on any atom is 0.407 e. The monoisotopic (exact) mass is 699 g/mol. The minimum Gasteiger partial charge on any atom is -0.449 e. The van der Waals surface area contributed by atoms with Crippen molar-refractivity contribution in [3.05, 3.63) is 0 Å². The lowest BCUT2D eigenvalue weighted by molar-refractivity contribution is -0.136. The summed E-state index contributed by atoms with van der Waals surface area (Å²) in [6, 6.07) is -4.51. The van der Waals surface area contributed by atoms with Gasteiger partial charge in [-0.15, -0.1) is 0 Å². The molecule has 5 N–H and O–H groups in total. The maximum atomic E-state index is 13.8. The largest absolute Gasteiger partial charge is 0.449 e. The number of amides is 5. The standard InChI is InChI=1S/C35H65N5O7S/c1-13-23(10)29(33(44)36-26(18-20(4)5)27(41)15-3)40-32(43)28(22(8)9)38-34(45)30(24(11)14-2)39-31(42)25(16-17-48-12)37-35(46)47-19-21(6)7/h20-26,28-30H,13-19H2,1-12H3,(H,36,44)(H,37,46)(H,38,45)(H,39,42)(H,40,43). The summed E-state index contributed by atoms with van der Waals surface area (Å²) in [6.07, 6.45) is 3.43. The summed E-state index contributed by atoms with van der Waals surface area (Å²) in [5.74, 6) is -2.14. The number of rotatable bonds is 23. The number of Topliss-reactive ketones (excluding diaryl/α,β-unsaturated/α-hetero) is 1. The van der Waals surface area contributed by atoms with E-state index in [0.29, 0.717) is 31.4 Å². The molecule has 12 nitrogen and oxygen atoms in total. The van der Waals surface area contributed by atoms with E-state index in [0.717, 1.165) is 0 Å². The van der Waals surface area contributed by atoms with Crippen LogP contribution in [0.25, 0.3) is 0 Å². The molecule has 5 amide bonds. The highest BCUT2D eigenvalue weighted by molar-refractivity contribution is 7.98. The Kier molecular flexibility index (Phi) is 22.1. The molecule has 0 saturated carbocycles. The Labute approximate surface area is 293 Å². The topological polar surface area (TPSA) is 172 Å². The predicted octanol–water partition coefficient (Wildman–Crippen LogP) is 4.20. The molecule has 0 aromatic carbocycles. The minimum absolute atomic E-state index is 0.0740. The third-order valence-electron chi connectivity index (χ3n) is 8.36. The smallest absolute Gasteiger partial charge is 0.407 e. The lowest BCUT2D eigenvalue weighted by Gasteiger charge is -2.31. The van der Waals surface area contributed by atoms with Gasteiger partial charge in [0, 0.05) is 6.42 Å². The molecule has 0 aliphatic carbocycles. The van der Waals surface area contributed by atoms with E-state index in [1.54, 1.807) is 20.8 Å². The Morgan fingerprint density at radius 3 is 1.52 bits per heavy atom. The zero-order valence-corrected chi connectivity index (χ0v) is 32.3. The summed E-state index contributed by atoms with van der Waals surface area (Å²) in [7, 11) is 0. The fourth-order valence-electron chi connectivity index (χ4n) is 4.86. The van der Waals surface area contributed by atoms with Crippen LogP contribution in [-0.2, 0) is 28.7 Å². The fraction of sp³-hybridized carbons (Fsp3) is 0.829. The van der Waals surface area contributed by atoms with Crippen LogP contribution in [0.1, 0.15) is 108 Å². The molecule has 7 unspecified atom stereocenters. The molecule has 0 aromatic rings. The van der Waals surface area contributed by atoms with Gasteiger partial charge in [0.25, 0.3) is 0 Å². The lowest BCUT2D eigenvalue weighted by Crippen LogP contribution is -2.61. The Balaban J connectivity index is 6.05. The molecule has 0 heterocycles. The molecule has 0 fully saturated rings. The molecular formula is C35H65N5O7S. The van der Waals surface area contributed by atoms with Crippen molar-refractivity contribution in [2.24, 2.45) is 29.6 Å². The van der Waals surface area contributed by atoms with Gasteiger partial charge in [-0.3, -0.25) is 24.0 Å². The second-order valence-corrected chi connectivity index (χ2v) is 14.9. The second kappa shape index (κ2) is 23.5. The van der Waals surface area contributed by atoms with Crippen LogP contribution in [0.15, 0.2) is 0 Å². The van der Waals surface area contributed by atoms with Crippen molar-refractivity contribution in [3.63, 3.8) is 0 Å². The van der Waals surface area contributed by atoms with Crippen LogP contribution in [0.4, 0.5) is 4.79 Å². The molecule has 0 radical (unpaired) electrons. The Morgan fingerprint density at radius 1 is 0.604 bits per heavy atom. The summed E-state index contributed by atoms with van der Waals surface area (Å²) >= 11 is 1.52. The Hall–Kier alpha value is -2.83. The highest BCUT2D eigenvalue weighted by Crippen LogP contribution is 2.15. The Bertz CT molecular complexity index is 1040. The highest BCUT2D eigenvalue weighted by Gasteiger charge is 2.36. The van der Waals surface area contributed by atoms with Gasteiger partial charge >= 0.3 is 6.09 Å². The molecule has 0 saturated heterocycles. The summed E-state index contributed by atoms with van der Waals surface area (Å²) in [4.78, 5) is 79.4. The predicted molar refractivity (Wildman–Crippen MR) is 192 cm³/mol. The average molecular weight is 700 g/mol. The van der Waals surface area contributed by atoms with Crippen LogP contribution in [0, 0.1) is 29.6 Å². The zero-order valence-electron chi connectivity index (χ0n) is 31.5. The molecule has 0 bridgehead atoms. The first-order chi connectivity index (χ1) is 22.4. The van der Waals surface area contributed by atoms with Gasteiger partial charge < -0.3 is 31.3 Å². The van der Waals surface area contributed by atoms with Gasteiger partial charge in [-0.05, 0) is 54.4 Å². The fourth-order valence-corrected chi connectivity index (χ4v) is 5.33. The van der Waals surface area contributed by atoms with Gasteiger partial charge in [0.05, 0.1) is 12.6 Å². The molecule has 13 heteroatoms. The minimum atomic E-state index is -1.01. The number of carbonyl (C=O) groups is 6. The molecule has 0 rings (SSSR count). The third-order valence-corrected chi connectivity index (χ3v) is 9.00. The van der Waals surface area contributed by atoms with E-state index in [-0.39, 0.29) is 48.4 Å². The first-order valence-corrected chi connectivity index (χ1v) is 19.0. The van der Waals surface area contributed by atoms with Crippen molar-refractivity contribution in [1.82, 2.24) is 26.6 Å². The maximum absolute atomic E-state index is 13.8.